The molecule has 0 saturated carbocycles. The summed E-state index contributed by atoms with van der Waals surface area (Å²) in [5, 5.41) is 2.91. The van der Waals surface area contributed by atoms with E-state index < -0.39 is 36.6 Å². The van der Waals surface area contributed by atoms with Crippen LogP contribution in [0, 0.1) is 0 Å². The van der Waals surface area contributed by atoms with Crippen LogP contribution in [0.15, 0.2) is 40.8 Å². The molecule has 0 spiro atoms. The molecule has 0 atom stereocenters. The molecule has 7 nitrogen and oxygen atoms in total. The number of alkyl halides is 2. The number of ether oxygens (including phenoxy) is 1. The quantitative estimate of drug-likeness (QED) is 0.553. The van der Waals surface area contributed by atoms with E-state index in [2.05, 4.69) is 10.3 Å². The number of fused-ring (bicyclic) bond motifs is 1. The fraction of sp³-hybridized carbons (Fsp3) is 0.348. The van der Waals surface area contributed by atoms with Crippen molar-refractivity contribution in [2.24, 2.45) is 0 Å². The van der Waals surface area contributed by atoms with Crippen molar-refractivity contribution < 1.29 is 27.5 Å². The molecule has 174 valence electrons. The predicted molar refractivity (Wildman–Crippen MR) is 118 cm³/mol. The largest absolute Gasteiger partial charge is 0.444 e. The van der Waals surface area contributed by atoms with Crippen LogP contribution in [0.2, 0.25) is 5.02 Å². The van der Waals surface area contributed by atoms with Gasteiger partial charge in [-0.05, 0) is 56.2 Å². The van der Waals surface area contributed by atoms with Gasteiger partial charge in [-0.25, -0.2) is 18.6 Å². The summed E-state index contributed by atoms with van der Waals surface area (Å²) >= 11 is 6.37. The van der Waals surface area contributed by atoms with E-state index in [0.29, 0.717) is 21.7 Å². The van der Waals surface area contributed by atoms with Crippen LogP contribution >= 0.6 is 11.6 Å². The summed E-state index contributed by atoms with van der Waals surface area (Å²) in [6, 6.07) is 10.1. The molecular formula is C23H22ClF2N3O4. The van der Waals surface area contributed by atoms with Crippen molar-refractivity contribution in [1.29, 1.82) is 0 Å². The fourth-order valence-electron chi connectivity index (χ4n) is 3.39. The number of amides is 2. The van der Waals surface area contributed by atoms with Crippen molar-refractivity contribution in [3.8, 4) is 11.1 Å². The van der Waals surface area contributed by atoms with Gasteiger partial charge in [-0.15, -0.1) is 0 Å². The summed E-state index contributed by atoms with van der Waals surface area (Å²) in [6.45, 7) is 4.20. The Morgan fingerprint density at radius 2 is 1.85 bits per heavy atom. The Morgan fingerprint density at radius 1 is 1.18 bits per heavy atom. The smallest absolute Gasteiger partial charge is 0.408 e. The fourth-order valence-corrected chi connectivity index (χ4v) is 3.64. The summed E-state index contributed by atoms with van der Waals surface area (Å²) in [6.07, 6.45) is -0.590. The number of aromatic nitrogens is 1. The summed E-state index contributed by atoms with van der Waals surface area (Å²) in [7, 11) is 0. The summed E-state index contributed by atoms with van der Waals surface area (Å²) in [5.74, 6) is -2.97. The lowest BCUT2D eigenvalue weighted by molar-refractivity contribution is -0.113. The molecule has 0 radical (unpaired) electrons. The zero-order valence-electron chi connectivity index (χ0n) is 18.2. The first-order valence-electron chi connectivity index (χ1n) is 10.2. The molecule has 2 aromatic carbocycles. The first-order valence-corrected chi connectivity index (χ1v) is 10.6. The molecule has 2 amide bonds. The Bertz CT molecular complexity index is 1210. The molecule has 1 fully saturated rings. The second-order valence-corrected chi connectivity index (χ2v) is 9.27. The SMILES string of the molecule is CC(C)(C)OC(=O)NCc1nc2cc(-c3ccc(C(=O)N4CC(F)(F)C4)cc3)cc(Cl)c2o1. The van der Waals surface area contributed by atoms with E-state index in [9.17, 15) is 18.4 Å². The van der Waals surface area contributed by atoms with Gasteiger partial charge in [-0.3, -0.25) is 4.79 Å². The van der Waals surface area contributed by atoms with Gasteiger partial charge in [0.15, 0.2) is 5.58 Å². The van der Waals surface area contributed by atoms with Crippen LogP contribution < -0.4 is 5.32 Å². The molecule has 33 heavy (non-hydrogen) atoms. The number of carbonyl (C=O) groups excluding carboxylic acids is 2. The molecule has 0 aliphatic carbocycles. The Labute approximate surface area is 193 Å². The van der Waals surface area contributed by atoms with E-state index in [-0.39, 0.29) is 12.4 Å². The van der Waals surface area contributed by atoms with Gasteiger partial charge in [0.1, 0.15) is 11.1 Å². The summed E-state index contributed by atoms with van der Waals surface area (Å²) in [5.41, 5.74) is 2.10. The number of hydrogen-bond donors (Lipinski definition) is 1. The Balaban J connectivity index is 1.48. The highest BCUT2D eigenvalue weighted by Gasteiger charge is 2.46. The number of likely N-dealkylation sites (tertiary alicyclic amines) is 1. The number of nitrogens with zero attached hydrogens (tertiary/aromatic N) is 2. The first-order chi connectivity index (χ1) is 15.4. The lowest BCUT2D eigenvalue weighted by Crippen LogP contribution is -2.58. The number of oxazole rings is 1. The maximum atomic E-state index is 13.0. The summed E-state index contributed by atoms with van der Waals surface area (Å²) in [4.78, 5) is 29.6. The third-order valence-electron chi connectivity index (χ3n) is 4.87. The number of nitrogens with one attached hydrogen (secondary N) is 1. The number of alkyl carbamates (subject to hydrolysis) is 1. The van der Waals surface area contributed by atoms with E-state index in [1.54, 1.807) is 57.2 Å². The van der Waals surface area contributed by atoms with Crippen LogP contribution in [0.3, 0.4) is 0 Å². The van der Waals surface area contributed by atoms with Crippen molar-refractivity contribution >= 4 is 34.7 Å². The van der Waals surface area contributed by atoms with E-state index in [1.165, 1.54) is 0 Å². The first kappa shape index (κ1) is 23.0. The van der Waals surface area contributed by atoms with Crippen molar-refractivity contribution in [2.75, 3.05) is 13.1 Å². The molecule has 1 aromatic heterocycles. The maximum absolute atomic E-state index is 13.0. The van der Waals surface area contributed by atoms with Gasteiger partial charge in [0.2, 0.25) is 5.89 Å². The third-order valence-corrected chi connectivity index (χ3v) is 5.15. The van der Waals surface area contributed by atoms with Crippen molar-refractivity contribution in [2.45, 2.75) is 38.8 Å². The van der Waals surface area contributed by atoms with Crippen LogP contribution in [-0.2, 0) is 11.3 Å². The Morgan fingerprint density at radius 3 is 2.45 bits per heavy atom. The molecule has 0 unspecified atom stereocenters. The van der Waals surface area contributed by atoms with Gasteiger partial charge in [-0.1, -0.05) is 23.7 Å². The molecule has 1 N–H and O–H groups in total. The van der Waals surface area contributed by atoms with Gasteiger partial charge in [0.05, 0.1) is 24.7 Å². The van der Waals surface area contributed by atoms with Crippen molar-refractivity contribution in [3.05, 3.63) is 52.9 Å². The van der Waals surface area contributed by atoms with Gasteiger partial charge < -0.3 is 19.4 Å². The van der Waals surface area contributed by atoms with Crippen LogP contribution in [-0.4, -0.2) is 46.5 Å². The monoisotopic (exact) mass is 477 g/mol. The predicted octanol–water partition coefficient (Wildman–Crippen LogP) is 5.26. The van der Waals surface area contributed by atoms with E-state index >= 15 is 0 Å². The van der Waals surface area contributed by atoms with E-state index in [4.69, 9.17) is 20.8 Å². The Hall–Kier alpha value is -3.20. The molecule has 3 aromatic rings. The molecule has 10 heteroatoms. The molecule has 1 aliphatic heterocycles. The zero-order chi connectivity index (χ0) is 24.0. The van der Waals surface area contributed by atoms with E-state index in [0.717, 1.165) is 16.0 Å². The highest BCUT2D eigenvalue weighted by molar-refractivity contribution is 6.35. The van der Waals surface area contributed by atoms with Crippen LogP contribution in [0.5, 0.6) is 0 Å². The standard InChI is InChI=1S/C23H22ClF2N3O4/c1-22(2,3)33-21(31)27-10-18-28-17-9-15(8-16(24)19(17)32-18)13-4-6-14(7-5-13)20(30)29-11-23(25,26)12-29/h4-9H,10-12H2,1-3H3,(H,27,31). The number of halogens is 3. The minimum Gasteiger partial charge on any atom is -0.444 e. The van der Waals surface area contributed by atoms with Crippen molar-refractivity contribution in [1.82, 2.24) is 15.2 Å². The molecule has 1 aliphatic rings. The molecule has 2 heterocycles. The second-order valence-electron chi connectivity index (χ2n) is 8.86. The number of rotatable bonds is 4. The topological polar surface area (TPSA) is 84.7 Å². The highest BCUT2D eigenvalue weighted by Crippen LogP contribution is 2.32. The average molecular weight is 478 g/mol. The van der Waals surface area contributed by atoms with Gasteiger partial charge in [-0.2, -0.15) is 0 Å². The molecule has 0 bridgehead atoms. The molecular weight excluding hydrogens is 456 g/mol. The minimum atomic E-state index is -2.80. The van der Waals surface area contributed by atoms with E-state index in [1.807, 2.05) is 0 Å². The average Bonchev–Trinajstić information content (AvgIpc) is 3.12. The molecule has 4 rings (SSSR count). The second kappa shape index (κ2) is 8.30. The van der Waals surface area contributed by atoms with Crippen LogP contribution in [0.25, 0.3) is 22.2 Å². The Kier molecular flexibility index (Phi) is 5.78. The van der Waals surface area contributed by atoms with Crippen molar-refractivity contribution in [3.63, 3.8) is 0 Å². The van der Waals surface area contributed by atoms with Gasteiger partial charge >= 0.3 is 6.09 Å². The summed E-state index contributed by atoms with van der Waals surface area (Å²) < 4.78 is 36.9. The highest BCUT2D eigenvalue weighted by atomic mass is 35.5. The van der Waals surface area contributed by atoms with Gasteiger partial charge in [0.25, 0.3) is 11.8 Å². The number of carbonyl (C=O) groups is 2. The normalized spacial score (nSPS) is 15.3. The molecule has 1 saturated heterocycles. The number of hydrogen-bond acceptors (Lipinski definition) is 5. The van der Waals surface area contributed by atoms with Gasteiger partial charge in [0, 0.05) is 5.56 Å². The van der Waals surface area contributed by atoms with Crippen LogP contribution in [0.4, 0.5) is 13.6 Å². The number of benzene rings is 2. The van der Waals surface area contributed by atoms with Crippen LogP contribution in [0.1, 0.15) is 37.0 Å². The lowest BCUT2D eigenvalue weighted by atomic mass is 10.0. The minimum absolute atomic E-state index is 0.0294. The zero-order valence-corrected chi connectivity index (χ0v) is 19.0. The lowest BCUT2D eigenvalue weighted by Gasteiger charge is -2.38. The maximum Gasteiger partial charge on any atom is 0.408 e. The third kappa shape index (κ3) is 5.24.